The monoisotopic (exact) mass is 309 g/mol. The second-order valence-electron chi connectivity index (χ2n) is 5.88. The van der Waals surface area contributed by atoms with Crippen LogP contribution >= 0.6 is 0 Å². The van der Waals surface area contributed by atoms with Crippen molar-refractivity contribution in [3.63, 3.8) is 0 Å². The van der Waals surface area contributed by atoms with Crippen LogP contribution in [0.3, 0.4) is 0 Å². The largest absolute Gasteiger partial charge is 0.497 e. The number of aliphatic hydroxyl groups is 1. The van der Waals surface area contributed by atoms with Crippen LogP contribution in [0.2, 0.25) is 0 Å². The summed E-state index contributed by atoms with van der Waals surface area (Å²) in [6.07, 6.45) is -0.881. The average Bonchev–Trinajstić information content (AvgIpc) is 2.52. The van der Waals surface area contributed by atoms with E-state index in [4.69, 9.17) is 9.47 Å². The summed E-state index contributed by atoms with van der Waals surface area (Å²) >= 11 is 0. The third kappa shape index (κ3) is 4.37. The molecule has 1 aromatic rings. The van der Waals surface area contributed by atoms with E-state index in [0.29, 0.717) is 17.1 Å². The van der Waals surface area contributed by atoms with Crippen LogP contribution in [0.5, 0.6) is 11.5 Å². The molecule has 0 aromatic heterocycles. The van der Waals surface area contributed by atoms with Gasteiger partial charge in [0.2, 0.25) is 5.91 Å². The summed E-state index contributed by atoms with van der Waals surface area (Å²) in [6, 6.07) is 4.79. The molecule has 0 aliphatic rings. The third-order valence-corrected chi connectivity index (χ3v) is 4.01. The van der Waals surface area contributed by atoms with Crippen molar-refractivity contribution in [3.8, 4) is 11.5 Å². The Morgan fingerprint density at radius 3 is 2.27 bits per heavy atom. The van der Waals surface area contributed by atoms with Gasteiger partial charge in [0.15, 0.2) is 0 Å². The lowest BCUT2D eigenvalue weighted by atomic mass is 9.96. The number of benzene rings is 1. The van der Waals surface area contributed by atoms with Crippen LogP contribution in [-0.2, 0) is 4.79 Å². The number of amides is 1. The van der Waals surface area contributed by atoms with Gasteiger partial charge in [-0.2, -0.15) is 0 Å². The zero-order valence-corrected chi connectivity index (χ0v) is 14.2. The van der Waals surface area contributed by atoms with Crippen molar-refractivity contribution in [2.24, 2.45) is 11.8 Å². The van der Waals surface area contributed by atoms with E-state index in [0.717, 1.165) is 0 Å². The number of hydrogen-bond acceptors (Lipinski definition) is 4. The minimum absolute atomic E-state index is 0.0663. The van der Waals surface area contributed by atoms with Crippen LogP contribution < -0.4 is 14.8 Å². The van der Waals surface area contributed by atoms with Gasteiger partial charge in [0.25, 0.3) is 0 Å². The quantitative estimate of drug-likeness (QED) is 0.812. The summed E-state index contributed by atoms with van der Waals surface area (Å²) < 4.78 is 10.5. The second kappa shape index (κ2) is 8.03. The van der Waals surface area contributed by atoms with Crippen LogP contribution in [0.1, 0.15) is 39.4 Å². The van der Waals surface area contributed by atoms with Gasteiger partial charge in [-0.15, -0.1) is 0 Å². The highest BCUT2D eigenvalue weighted by molar-refractivity contribution is 5.78. The molecule has 5 heteroatoms. The zero-order valence-electron chi connectivity index (χ0n) is 14.2. The smallest absolute Gasteiger partial charge is 0.223 e. The Morgan fingerprint density at radius 1 is 1.14 bits per heavy atom. The average molecular weight is 309 g/mol. The van der Waals surface area contributed by atoms with Crippen molar-refractivity contribution < 1.29 is 19.4 Å². The van der Waals surface area contributed by atoms with E-state index in [9.17, 15) is 9.90 Å². The van der Waals surface area contributed by atoms with E-state index >= 15 is 0 Å². The number of methoxy groups -OCH3 is 2. The zero-order chi connectivity index (χ0) is 16.9. The van der Waals surface area contributed by atoms with Crippen molar-refractivity contribution >= 4 is 5.91 Å². The molecule has 3 atom stereocenters. The van der Waals surface area contributed by atoms with Gasteiger partial charge in [0.1, 0.15) is 17.6 Å². The summed E-state index contributed by atoms with van der Waals surface area (Å²) in [6.45, 7) is 7.65. The second-order valence-corrected chi connectivity index (χ2v) is 5.88. The number of carbonyl (C=O) groups excluding carboxylic acids is 1. The maximum absolute atomic E-state index is 12.1. The van der Waals surface area contributed by atoms with E-state index in [2.05, 4.69) is 5.32 Å². The molecule has 3 unspecified atom stereocenters. The molecule has 22 heavy (non-hydrogen) atoms. The Balaban J connectivity index is 2.90. The number of aliphatic hydroxyl groups excluding tert-OH is 1. The summed E-state index contributed by atoms with van der Waals surface area (Å²) in [5.74, 6) is 1.26. The predicted octanol–water partition coefficient (Wildman–Crippen LogP) is 2.53. The first-order valence-corrected chi connectivity index (χ1v) is 7.52. The lowest BCUT2D eigenvalue weighted by Crippen LogP contribution is -2.41. The molecule has 2 N–H and O–H groups in total. The first-order chi connectivity index (χ1) is 10.3. The molecule has 0 saturated heterocycles. The first-order valence-electron chi connectivity index (χ1n) is 7.52. The van der Waals surface area contributed by atoms with Gasteiger partial charge in [-0.1, -0.05) is 20.8 Å². The molecule has 0 fully saturated rings. The van der Waals surface area contributed by atoms with Gasteiger partial charge in [0, 0.05) is 11.5 Å². The molecule has 0 aliphatic heterocycles. The molecule has 0 aliphatic carbocycles. The number of rotatable bonds is 7. The van der Waals surface area contributed by atoms with Crippen molar-refractivity contribution in [3.05, 3.63) is 23.8 Å². The van der Waals surface area contributed by atoms with Crippen molar-refractivity contribution in [1.29, 1.82) is 0 Å². The van der Waals surface area contributed by atoms with Crippen LogP contribution in [0.4, 0.5) is 0 Å². The van der Waals surface area contributed by atoms with E-state index in [1.165, 1.54) is 0 Å². The normalized spacial score (nSPS) is 15.1. The van der Waals surface area contributed by atoms with Crippen LogP contribution in [0.25, 0.3) is 0 Å². The van der Waals surface area contributed by atoms with Gasteiger partial charge in [0.05, 0.1) is 20.3 Å². The predicted molar refractivity (Wildman–Crippen MR) is 86.1 cm³/mol. The maximum atomic E-state index is 12.1. The van der Waals surface area contributed by atoms with Crippen molar-refractivity contribution in [2.45, 2.75) is 39.8 Å². The van der Waals surface area contributed by atoms with Crippen molar-refractivity contribution in [2.75, 3.05) is 14.2 Å². The maximum Gasteiger partial charge on any atom is 0.223 e. The number of ether oxygens (including phenoxy) is 2. The molecular formula is C17H27NO4. The molecule has 1 rings (SSSR count). The van der Waals surface area contributed by atoms with Gasteiger partial charge < -0.3 is 19.9 Å². The SMILES string of the molecule is COc1ccc(OC)c(C(O)C(C)NC(=O)C(C)C(C)C)c1. The van der Waals surface area contributed by atoms with Crippen LogP contribution in [0, 0.1) is 11.8 Å². The van der Waals surface area contributed by atoms with Gasteiger partial charge in [-0.25, -0.2) is 0 Å². The fraction of sp³-hybridized carbons (Fsp3) is 0.588. The lowest BCUT2D eigenvalue weighted by Gasteiger charge is -2.25. The summed E-state index contributed by atoms with van der Waals surface area (Å²) in [7, 11) is 3.11. The Kier molecular flexibility index (Phi) is 6.68. The third-order valence-electron chi connectivity index (χ3n) is 4.01. The molecule has 5 nitrogen and oxygen atoms in total. The molecule has 0 heterocycles. The fourth-order valence-corrected chi connectivity index (χ4v) is 2.08. The number of hydrogen-bond donors (Lipinski definition) is 2. The highest BCUT2D eigenvalue weighted by Gasteiger charge is 2.25. The van der Waals surface area contributed by atoms with E-state index in [1.54, 1.807) is 39.3 Å². The Hall–Kier alpha value is -1.75. The lowest BCUT2D eigenvalue weighted by molar-refractivity contribution is -0.127. The highest BCUT2D eigenvalue weighted by atomic mass is 16.5. The van der Waals surface area contributed by atoms with Gasteiger partial charge in [-0.3, -0.25) is 4.79 Å². The topological polar surface area (TPSA) is 67.8 Å². The molecule has 0 spiro atoms. The first kappa shape index (κ1) is 18.3. The Bertz CT molecular complexity index is 501. The minimum atomic E-state index is -0.881. The molecule has 1 aromatic carbocycles. The minimum Gasteiger partial charge on any atom is -0.497 e. The molecular weight excluding hydrogens is 282 g/mol. The van der Waals surface area contributed by atoms with Crippen molar-refractivity contribution in [1.82, 2.24) is 5.32 Å². The Morgan fingerprint density at radius 2 is 1.77 bits per heavy atom. The molecule has 0 bridgehead atoms. The van der Waals surface area contributed by atoms with E-state index < -0.39 is 12.1 Å². The van der Waals surface area contributed by atoms with Crippen LogP contribution in [0.15, 0.2) is 18.2 Å². The summed E-state index contributed by atoms with van der Waals surface area (Å²) in [5.41, 5.74) is 0.590. The Labute approximate surface area is 132 Å². The summed E-state index contributed by atoms with van der Waals surface area (Å²) in [5, 5.41) is 13.4. The van der Waals surface area contributed by atoms with Gasteiger partial charge in [-0.05, 0) is 31.0 Å². The molecule has 0 radical (unpaired) electrons. The highest BCUT2D eigenvalue weighted by Crippen LogP contribution is 2.31. The fourth-order valence-electron chi connectivity index (χ4n) is 2.08. The summed E-state index contributed by atoms with van der Waals surface area (Å²) in [4.78, 5) is 12.1. The standard InChI is InChI=1S/C17H27NO4/c1-10(2)11(3)17(20)18-12(4)16(19)14-9-13(21-5)7-8-15(14)22-6/h7-12,16,19H,1-6H3,(H,18,20). The van der Waals surface area contributed by atoms with E-state index in [1.807, 2.05) is 20.8 Å². The van der Waals surface area contributed by atoms with E-state index in [-0.39, 0.29) is 17.7 Å². The molecule has 0 saturated carbocycles. The van der Waals surface area contributed by atoms with Crippen LogP contribution in [-0.4, -0.2) is 31.3 Å². The number of nitrogens with one attached hydrogen (secondary N) is 1. The molecule has 1 amide bonds. The number of carbonyl (C=O) groups is 1. The van der Waals surface area contributed by atoms with Gasteiger partial charge >= 0.3 is 0 Å². The molecule has 124 valence electrons.